The molecule has 0 atom stereocenters. The maximum Gasteiger partial charge on any atom is 0.137 e. The highest BCUT2D eigenvalue weighted by atomic mass is 79.9. The van der Waals surface area contributed by atoms with E-state index in [1.54, 1.807) is 12.1 Å². The summed E-state index contributed by atoms with van der Waals surface area (Å²) < 4.78 is 19.0. The van der Waals surface area contributed by atoms with Crippen LogP contribution in [-0.4, -0.2) is 24.6 Å². The van der Waals surface area contributed by atoms with Crippen LogP contribution < -0.4 is 5.32 Å². The van der Waals surface area contributed by atoms with Crippen LogP contribution in [0.2, 0.25) is 0 Å². The third kappa shape index (κ3) is 3.44. The highest BCUT2D eigenvalue weighted by molar-refractivity contribution is 9.10. The molecule has 1 fully saturated rings. The molecule has 0 bridgehead atoms. The minimum absolute atomic E-state index is 0.0549. The zero-order valence-electron chi connectivity index (χ0n) is 10.0. The molecule has 0 aromatic heterocycles. The second-order valence-corrected chi connectivity index (χ2v) is 5.75. The van der Waals surface area contributed by atoms with E-state index in [-0.39, 0.29) is 11.4 Å². The van der Waals surface area contributed by atoms with Gasteiger partial charge in [-0.15, -0.1) is 11.6 Å². The van der Waals surface area contributed by atoms with Crippen LogP contribution in [0, 0.1) is 5.82 Å². The fraction of sp³-hybridized carbons (Fsp3) is 0.538. The Labute approximate surface area is 120 Å². The molecule has 0 amide bonds. The standard InChI is InChI=1S/C13H16BrClFNO/c14-11-7-10(1-2-12(11)16)8-17-13(9-15)3-5-18-6-4-13/h1-2,7,17H,3-6,8-9H2. The Balaban J connectivity index is 1.98. The van der Waals surface area contributed by atoms with Gasteiger partial charge in [0.25, 0.3) is 0 Å². The number of hydrogen-bond donors (Lipinski definition) is 1. The number of benzene rings is 1. The largest absolute Gasteiger partial charge is 0.381 e. The average Bonchev–Trinajstić information content (AvgIpc) is 2.41. The van der Waals surface area contributed by atoms with Gasteiger partial charge in [0.1, 0.15) is 5.82 Å². The minimum Gasteiger partial charge on any atom is -0.381 e. The highest BCUT2D eigenvalue weighted by Gasteiger charge is 2.30. The predicted molar refractivity (Wildman–Crippen MR) is 74.4 cm³/mol. The Morgan fingerprint density at radius 1 is 1.39 bits per heavy atom. The van der Waals surface area contributed by atoms with Crippen LogP contribution in [-0.2, 0) is 11.3 Å². The number of hydrogen-bond acceptors (Lipinski definition) is 2. The molecule has 1 aromatic rings. The van der Waals surface area contributed by atoms with Crippen LogP contribution in [0.4, 0.5) is 4.39 Å². The van der Waals surface area contributed by atoms with Gasteiger partial charge in [-0.05, 0) is 46.5 Å². The van der Waals surface area contributed by atoms with Crippen molar-refractivity contribution in [2.45, 2.75) is 24.9 Å². The van der Waals surface area contributed by atoms with E-state index in [1.165, 1.54) is 6.07 Å². The molecule has 0 saturated carbocycles. The molecular weight excluding hydrogens is 321 g/mol. The lowest BCUT2D eigenvalue weighted by Gasteiger charge is -2.36. The zero-order valence-corrected chi connectivity index (χ0v) is 12.4. The summed E-state index contributed by atoms with van der Waals surface area (Å²) in [5, 5.41) is 3.49. The van der Waals surface area contributed by atoms with Gasteiger partial charge in [0.15, 0.2) is 0 Å². The second kappa shape index (κ2) is 6.33. The molecule has 1 aliphatic rings. The lowest BCUT2D eigenvalue weighted by atomic mass is 9.92. The van der Waals surface area contributed by atoms with E-state index in [4.69, 9.17) is 16.3 Å². The first kappa shape index (κ1) is 14.3. The summed E-state index contributed by atoms with van der Waals surface area (Å²) in [7, 11) is 0. The van der Waals surface area contributed by atoms with Crippen LogP contribution >= 0.6 is 27.5 Å². The Morgan fingerprint density at radius 3 is 2.72 bits per heavy atom. The van der Waals surface area contributed by atoms with E-state index >= 15 is 0 Å². The number of alkyl halides is 1. The van der Waals surface area contributed by atoms with E-state index < -0.39 is 0 Å². The van der Waals surface area contributed by atoms with Gasteiger partial charge in [0.2, 0.25) is 0 Å². The maximum absolute atomic E-state index is 13.1. The van der Waals surface area contributed by atoms with E-state index in [9.17, 15) is 4.39 Å². The van der Waals surface area contributed by atoms with Crippen molar-refractivity contribution in [3.8, 4) is 0 Å². The molecule has 0 unspecified atom stereocenters. The van der Waals surface area contributed by atoms with Crippen LogP contribution in [0.1, 0.15) is 18.4 Å². The van der Waals surface area contributed by atoms with Crippen LogP contribution in [0.5, 0.6) is 0 Å². The Morgan fingerprint density at radius 2 is 2.11 bits per heavy atom. The number of nitrogens with one attached hydrogen (secondary N) is 1. The summed E-state index contributed by atoms with van der Waals surface area (Å²) in [6, 6.07) is 5.05. The molecule has 0 aliphatic carbocycles. The zero-order chi connectivity index (χ0) is 13.0. The first-order chi connectivity index (χ1) is 8.65. The maximum atomic E-state index is 13.1. The summed E-state index contributed by atoms with van der Waals surface area (Å²) in [4.78, 5) is 0. The number of halogens is 3. The van der Waals surface area contributed by atoms with Crippen molar-refractivity contribution in [2.75, 3.05) is 19.1 Å². The normalized spacial score (nSPS) is 18.8. The molecule has 100 valence electrons. The molecular formula is C13H16BrClFNO. The van der Waals surface area contributed by atoms with Crippen LogP contribution in [0.15, 0.2) is 22.7 Å². The molecule has 1 aromatic carbocycles. The van der Waals surface area contributed by atoms with Gasteiger partial charge in [-0.2, -0.15) is 0 Å². The predicted octanol–water partition coefficient (Wildman–Crippen LogP) is 3.47. The SMILES string of the molecule is Fc1ccc(CNC2(CCl)CCOCC2)cc1Br. The summed E-state index contributed by atoms with van der Waals surface area (Å²) in [5.41, 5.74) is 0.986. The van der Waals surface area contributed by atoms with Crippen molar-refractivity contribution < 1.29 is 9.13 Å². The van der Waals surface area contributed by atoms with Crippen molar-refractivity contribution >= 4 is 27.5 Å². The van der Waals surface area contributed by atoms with Gasteiger partial charge in [0.05, 0.1) is 4.47 Å². The van der Waals surface area contributed by atoms with Gasteiger partial charge in [-0.1, -0.05) is 6.07 Å². The smallest absolute Gasteiger partial charge is 0.137 e. The fourth-order valence-electron chi connectivity index (χ4n) is 2.06. The molecule has 1 heterocycles. The first-order valence-corrected chi connectivity index (χ1v) is 7.31. The van der Waals surface area contributed by atoms with Crippen molar-refractivity contribution in [2.24, 2.45) is 0 Å². The summed E-state index contributed by atoms with van der Waals surface area (Å²) in [6.45, 7) is 2.17. The minimum atomic E-state index is -0.239. The van der Waals surface area contributed by atoms with Gasteiger partial charge < -0.3 is 10.1 Å². The van der Waals surface area contributed by atoms with Crippen LogP contribution in [0.25, 0.3) is 0 Å². The van der Waals surface area contributed by atoms with Crippen molar-refractivity contribution in [3.05, 3.63) is 34.1 Å². The van der Waals surface area contributed by atoms with Gasteiger partial charge in [-0.25, -0.2) is 4.39 Å². The third-order valence-electron chi connectivity index (χ3n) is 3.36. The Kier molecular flexibility index (Phi) is 5.01. The Hall–Kier alpha value is -0.160. The van der Waals surface area contributed by atoms with Gasteiger partial charge in [-0.3, -0.25) is 0 Å². The van der Waals surface area contributed by atoms with Crippen molar-refractivity contribution in [3.63, 3.8) is 0 Å². The molecule has 2 rings (SSSR count). The molecule has 0 spiro atoms. The fourth-order valence-corrected chi connectivity index (χ4v) is 2.85. The quantitative estimate of drug-likeness (QED) is 0.850. The molecule has 1 aliphatic heterocycles. The Bertz CT molecular complexity index is 410. The highest BCUT2D eigenvalue weighted by Crippen LogP contribution is 2.23. The number of rotatable bonds is 4. The summed E-state index contributed by atoms with van der Waals surface area (Å²) in [5.74, 6) is 0.329. The third-order valence-corrected chi connectivity index (χ3v) is 4.48. The monoisotopic (exact) mass is 335 g/mol. The molecule has 1 saturated heterocycles. The van der Waals surface area contributed by atoms with E-state index in [0.29, 0.717) is 16.9 Å². The topological polar surface area (TPSA) is 21.3 Å². The molecule has 1 N–H and O–H groups in total. The van der Waals surface area contributed by atoms with Crippen LogP contribution in [0.3, 0.4) is 0 Å². The van der Waals surface area contributed by atoms with E-state index in [1.807, 2.05) is 0 Å². The molecule has 0 radical (unpaired) electrons. The molecule has 5 heteroatoms. The second-order valence-electron chi connectivity index (χ2n) is 4.63. The van der Waals surface area contributed by atoms with Crippen molar-refractivity contribution in [1.82, 2.24) is 5.32 Å². The van der Waals surface area contributed by atoms with Gasteiger partial charge in [0, 0.05) is 31.2 Å². The van der Waals surface area contributed by atoms with Gasteiger partial charge >= 0.3 is 0 Å². The lowest BCUT2D eigenvalue weighted by Crippen LogP contribution is -2.50. The summed E-state index contributed by atoms with van der Waals surface area (Å²) in [6.07, 6.45) is 1.83. The van der Waals surface area contributed by atoms with Crippen molar-refractivity contribution in [1.29, 1.82) is 0 Å². The molecule has 18 heavy (non-hydrogen) atoms. The van der Waals surface area contributed by atoms with E-state index in [2.05, 4.69) is 21.2 Å². The lowest BCUT2D eigenvalue weighted by molar-refractivity contribution is 0.0459. The first-order valence-electron chi connectivity index (χ1n) is 5.98. The average molecular weight is 337 g/mol. The number of ether oxygens (including phenoxy) is 1. The molecule has 2 nitrogen and oxygen atoms in total. The van der Waals surface area contributed by atoms with E-state index in [0.717, 1.165) is 31.6 Å². The summed E-state index contributed by atoms with van der Waals surface area (Å²) >= 11 is 9.27.